The number of carbonyl (C=O) groups excluding carboxylic acids is 1. The smallest absolute Gasteiger partial charge is 0.257 e. The highest BCUT2D eigenvalue weighted by Gasteiger charge is 2.07. The van der Waals surface area contributed by atoms with Gasteiger partial charge in [0.15, 0.2) is 6.61 Å². The van der Waals surface area contributed by atoms with Crippen LogP contribution in [-0.2, 0) is 9.53 Å². The number of amides is 1. The number of rotatable bonds is 9. The Bertz CT molecular complexity index is 452. The monoisotopic (exact) mass is 296 g/mol. The lowest BCUT2D eigenvalue weighted by molar-refractivity contribution is -0.123. The van der Waals surface area contributed by atoms with Crippen LogP contribution in [0.25, 0.3) is 0 Å². The molecule has 0 bridgehead atoms. The summed E-state index contributed by atoms with van der Waals surface area (Å²) in [6, 6.07) is 7.12. The fraction of sp³-hybridized carbons (Fsp3) is 0.429. The van der Waals surface area contributed by atoms with Crippen LogP contribution >= 0.6 is 12.2 Å². The van der Waals surface area contributed by atoms with Crippen molar-refractivity contribution in [1.29, 1.82) is 0 Å². The largest absolute Gasteiger partial charge is 0.483 e. The third kappa shape index (κ3) is 5.99. The van der Waals surface area contributed by atoms with Gasteiger partial charge in [-0.1, -0.05) is 24.4 Å². The third-order valence-corrected chi connectivity index (χ3v) is 2.83. The SMILES string of the molecule is COCCCCNC(=O)COc1ccccc1C(N)=S. The van der Waals surface area contributed by atoms with Crippen LogP contribution in [-0.4, -0.2) is 37.8 Å². The molecule has 20 heavy (non-hydrogen) atoms. The molecular weight excluding hydrogens is 276 g/mol. The second-order valence-electron chi connectivity index (χ2n) is 4.20. The van der Waals surface area contributed by atoms with Crippen molar-refractivity contribution >= 4 is 23.1 Å². The Balaban J connectivity index is 2.32. The first kappa shape index (κ1) is 16.4. The number of hydrogen-bond donors (Lipinski definition) is 2. The Morgan fingerprint density at radius 1 is 1.35 bits per heavy atom. The van der Waals surface area contributed by atoms with Gasteiger partial charge in [0.2, 0.25) is 0 Å². The molecule has 5 nitrogen and oxygen atoms in total. The molecule has 1 aromatic carbocycles. The van der Waals surface area contributed by atoms with Crippen molar-refractivity contribution in [2.45, 2.75) is 12.8 Å². The molecule has 0 saturated carbocycles. The Morgan fingerprint density at radius 3 is 2.80 bits per heavy atom. The highest BCUT2D eigenvalue weighted by Crippen LogP contribution is 2.17. The number of benzene rings is 1. The van der Waals surface area contributed by atoms with Gasteiger partial charge in [0, 0.05) is 20.3 Å². The van der Waals surface area contributed by atoms with Gasteiger partial charge in [0.05, 0.1) is 5.56 Å². The standard InChI is InChI=1S/C14H20N2O3S/c1-18-9-5-4-8-16-13(17)10-19-12-7-3-2-6-11(12)14(15)20/h2-3,6-7H,4-5,8-10H2,1H3,(H2,15,20)(H,16,17). The summed E-state index contributed by atoms with van der Waals surface area (Å²) < 4.78 is 10.4. The number of nitrogens with one attached hydrogen (secondary N) is 1. The Hall–Kier alpha value is -1.66. The number of ether oxygens (including phenoxy) is 2. The average Bonchev–Trinajstić information content (AvgIpc) is 2.45. The number of hydrogen-bond acceptors (Lipinski definition) is 4. The quantitative estimate of drug-likeness (QED) is 0.530. The zero-order valence-electron chi connectivity index (χ0n) is 11.6. The lowest BCUT2D eigenvalue weighted by atomic mass is 10.2. The second kappa shape index (κ2) is 9.28. The normalized spacial score (nSPS) is 10.1. The summed E-state index contributed by atoms with van der Waals surface area (Å²) in [5, 5.41) is 2.78. The summed E-state index contributed by atoms with van der Waals surface area (Å²) in [5.74, 6) is 0.356. The predicted octanol–water partition coefficient (Wildman–Crippen LogP) is 1.24. The molecule has 0 radical (unpaired) electrons. The molecule has 0 aliphatic heterocycles. The van der Waals surface area contributed by atoms with E-state index in [2.05, 4.69) is 5.32 Å². The van der Waals surface area contributed by atoms with E-state index >= 15 is 0 Å². The summed E-state index contributed by atoms with van der Waals surface area (Å²) >= 11 is 4.93. The summed E-state index contributed by atoms with van der Waals surface area (Å²) in [6.45, 7) is 1.26. The van der Waals surface area contributed by atoms with Crippen LogP contribution < -0.4 is 15.8 Å². The van der Waals surface area contributed by atoms with Gasteiger partial charge in [0.1, 0.15) is 10.7 Å². The van der Waals surface area contributed by atoms with Gasteiger partial charge in [-0.2, -0.15) is 0 Å². The van der Waals surface area contributed by atoms with E-state index in [1.807, 2.05) is 6.07 Å². The van der Waals surface area contributed by atoms with Gasteiger partial charge in [-0.05, 0) is 25.0 Å². The molecule has 6 heteroatoms. The molecule has 0 atom stereocenters. The number of thiocarbonyl (C=S) groups is 1. The minimum Gasteiger partial charge on any atom is -0.483 e. The number of methoxy groups -OCH3 is 1. The zero-order chi connectivity index (χ0) is 14.8. The fourth-order valence-corrected chi connectivity index (χ4v) is 1.76. The summed E-state index contributed by atoms with van der Waals surface area (Å²) in [7, 11) is 1.66. The maximum Gasteiger partial charge on any atom is 0.257 e. The molecule has 0 aromatic heterocycles. The van der Waals surface area contributed by atoms with Gasteiger partial charge in [0.25, 0.3) is 5.91 Å². The lowest BCUT2D eigenvalue weighted by Crippen LogP contribution is -2.30. The van der Waals surface area contributed by atoms with Crippen molar-refractivity contribution in [3.05, 3.63) is 29.8 Å². The van der Waals surface area contributed by atoms with Crippen LogP contribution in [0.15, 0.2) is 24.3 Å². The topological polar surface area (TPSA) is 73.6 Å². The Labute approximate surface area is 124 Å². The molecule has 0 unspecified atom stereocenters. The molecule has 0 aliphatic carbocycles. The molecule has 3 N–H and O–H groups in total. The van der Waals surface area contributed by atoms with Gasteiger partial charge < -0.3 is 20.5 Å². The minimum absolute atomic E-state index is 0.0517. The lowest BCUT2D eigenvalue weighted by Gasteiger charge is -2.10. The van der Waals surface area contributed by atoms with E-state index < -0.39 is 0 Å². The first-order valence-corrected chi connectivity index (χ1v) is 6.83. The molecule has 1 amide bonds. The fourth-order valence-electron chi connectivity index (χ4n) is 1.59. The van der Waals surface area contributed by atoms with Crippen molar-refractivity contribution < 1.29 is 14.3 Å². The average molecular weight is 296 g/mol. The second-order valence-corrected chi connectivity index (χ2v) is 4.64. The number of nitrogens with two attached hydrogens (primary N) is 1. The number of para-hydroxylation sites is 1. The first-order valence-electron chi connectivity index (χ1n) is 6.42. The van der Waals surface area contributed by atoms with E-state index in [9.17, 15) is 4.79 Å². The van der Waals surface area contributed by atoms with E-state index in [4.69, 9.17) is 27.4 Å². The molecule has 0 saturated heterocycles. The number of carbonyl (C=O) groups is 1. The third-order valence-electron chi connectivity index (χ3n) is 2.61. The van der Waals surface area contributed by atoms with Crippen molar-refractivity contribution in [2.75, 3.05) is 26.9 Å². The molecule has 0 aliphatic rings. The maximum atomic E-state index is 11.6. The first-order chi connectivity index (χ1) is 9.65. The molecule has 110 valence electrons. The minimum atomic E-state index is -0.167. The highest BCUT2D eigenvalue weighted by atomic mass is 32.1. The van der Waals surface area contributed by atoms with Crippen molar-refractivity contribution in [3.63, 3.8) is 0 Å². The van der Waals surface area contributed by atoms with Gasteiger partial charge in [-0.3, -0.25) is 4.79 Å². The van der Waals surface area contributed by atoms with E-state index in [1.54, 1.807) is 25.3 Å². The van der Waals surface area contributed by atoms with Crippen LogP contribution in [0.3, 0.4) is 0 Å². The van der Waals surface area contributed by atoms with Crippen LogP contribution in [0.4, 0.5) is 0 Å². The Kier molecular flexibility index (Phi) is 7.60. The van der Waals surface area contributed by atoms with Crippen molar-refractivity contribution in [2.24, 2.45) is 5.73 Å². The molecule has 0 heterocycles. The molecule has 1 rings (SSSR count). The van der Waals surface area contributed by atoms with Gasteiger partial charge >= 0.3 is 0 Å². The predicted molar refractivity (Wildman–Crippen MR) is 81.9 cm³/mol. The maximum absolute atomic E-state index is 11.6. The summed E-state index contributed by atoms with van der Waals surface area (Å²) in [4.78, 5) is 11.8. The van der Waals surface area contributed by atoms with Gasteiger partial charge in [-0.25, -0.2) is 0 Å². The van der Waals surface area contributed by atoms with Crippen LogP contribution in [0, 0.1) is 0 Å². The number of unbranched alkanes of at least 4 members (excludes halogenated alkanes) is 1. The van der Waals surface area contributed by atoms with Crippen molar-refractivity contribution in [1.82, 2.24) is 5.32 Å². The molecule has 0 fully saturated rings. The van der Waals surface area contributed by atoms with Crippen molar-refractivity contribution in [3.8, 4) is 5.75 Å². The molecule has 0 spiro atoms. The summed E-state index contributed by atoms with van der Waals surface area (Å²) in [5.41, 5.74) is 6.22. The van der Waals surface area contributed by atoms with E-state index in [0.717, 1.165) is 12.8 Å². The van der Waals surface area contributed by atoms with Crippen LogP contribution in [0.2, 0.25) is 0 Å². The molecule has 1 aromatic rings. The van der Waals surface area contributed by atoms with Gasteiger partial charge in [-0.15, -0.1) is 0 Å². The van der Waals surface area contributed by atoms with E-state index in [-0.39, 0.29) is 17.5 Å². The van der Waals surface area contributed by atoms with Crippen LogP contribution in [0.1, 0.15) is 18.4 Å². The van der Waals surface area contributed by atoms with E-state index in [0.29, 0.717) is 24.5 Å². The summed E-state index contributed by atoms with van der Waals surface area (Å²) in [6.07, 6.45) is 1.80. The highest BCUT2D eigenvalue weighted by molar-refractivity contribution is 7.80. The molecular formula is C14H20N2O3S. The van der Waals surface area contributed by atoms with Crippen LogP contribution in [0.5, 0.6) is 5.75 Å². The van der Waals surface area contributed by atoms with E-state index in [1.165, 1.54) is 0 Å². The Morgan fingerprint density at radius 2 is 2.10 bits per heavy atom. The zero-order valence-corrected chi connectivity index (χ0v) is 12.4.